The summed E-state index contributed by atoms with van der Waals surface area (Å²) >= 11 is 0. The van der Waals surface area contributed by atoms with Gasteiger partial charge >= 0.3 is 7.48 Å². The van der Waals surface area contributed by atoms with Crippen LogP contribution in [0.1, 0.15) is 51.7 Å². The molecule has 0 bridgehead atoms. The summed E-state index contributed by atoms with van der Waals surface area (Å²) in [5, 5.41) is 12.9. The van der Waals surface area contributed by atoms with E-state index in [4.69, 9.17) is 4.65 Å². The van der Waals surface area contributed by atoms with Crippen molar-refractivity contribution in [2.75, 3.05) is 0 Å². The van der Waals surface area contributed by atoms with Gasteiger partial charge in [0.15, 0.2) is 0 Å². The first kappa shape index (κ1) is 19.2. The SMILES string of the molecule is CC12C=CC=CC1c1c(ccc3cc(BOC(C)(C)C(C)(C)O)ccc13)C=C2. The van der Waals surface area contributed by atoms with Gasteiger partial charge in [0.1, 0.15) is 0 Å². The van der Waals surface area contributed by atoms with Crippen molar-refractivity contribution in [3.8, 4) is 0 Å². The standard InChI is InChI=1S/C25H29BO2/c1-23(2,27)24(3,4)28-26-19-11-12-20-18(16-19)10-9-17-13-15-25(5)14-7-6-8-21(25)22(17)20/h6-16,21,26-27H,1-5H3. The molecule has 28 heavy (non-hydrogen) atoms. The third-order valence-electron chi connectivity index (χ3n) is 6.71. The molecule has 2 aliphatic carbocycles. The zero-order chi connectivity index (χ0) is 20.2. The van der Waals surface area contributed by atoms with Crippen LogP contribution < -0.4 is 5.46 Å². The molecule has 0 saturated carbocycles. The normalized spacial score (nSPS) is 23.6. The first-order chi connectivity index (χ1) is 13.1. The van der Waals surface area contributed by atoms with Crippen molar-refractivity contribution in [2.45, 2.75) is 51.7 Å². The lowest BCUT2D eigenvalue weighted by Gasteiger charge is -2.38. The van der Waals surface area contributed by atoms with Crippen molar-refractivity contribution in [1.82, 2.24) is 0 Å². The summed E-state index contributed by atoms with van der Waals surface area (Å²) in [6.07, 6.45) is 13.5. The molecule has 2 nitrogen and oxygen atoms in total. The van der Waals surface area contributed by atoms with Gasteiger partial charge in [-0.1, -0.05) is 79.2 Å². The third-order valence-corrected chi connectivity index (χ3v) is 6.71. The molecule has 2 aliphatic rings. The van der Waals surface area contributed by atoms with Gasteiger partial charge in [0.05, 0.1) is 11.2 Å². The Morgan fingerprint density at radius 1 is 1.04 bits per heavy atom. The van der Waals surface area contributed by atoms with E-state index in [1.165, 1.54) is 21.9 Å². The van der Waals surface area contributed by atoms with Crippen molar-refractivity contribution < 1.29 is 9.76 Å². The fourth-order valence-electron chi connectivity index (χ4n) is 4.03. The van der Waals surface area contributed by atoms with Gasteiger partial charge in [-0.05, 0) is 49.6 Å². The highest BCUT2D eigenvalue weighted by atomic mass is 16.5. The van der Waals surface area contributed by atoms with E-state index in [1.54, 1.807) is 13.8 Å². The third kappa shape index (κ3) is 3.17. The van der Waals surface area contributed by atoms with E-state index in [1.807, 2.05) is 13.8 Å². The molecule has 2 atom stereocenters. The second-order valence-corrected chi connectivity index (χ2v) is 9.40. The Balaban J connectivity index is 1.70. The Labute approximate surface area is 168 Å². The number of rotatable bonds is 4. The molecule has 0 fully saturated rings. The van der Waals surface area contributed by atoms with Gasteiger partial charge in [-0.15, -0.1) is 0 Å². The first-order valence-corrected chi connectivity index (χ1v) is 10.1. The average Bonchev–Trinajstić information content (AvgIpc) is 2.64. The number of allylic oxidation sites excluding steroid dienone is 5. The van der Waals surface area contributed by atoms with Gasteiger partial charge in [-0.3, -0.25) is 0 Å². The van der Waals surface area contributed by atoms with Crippen molar-refractivity contribution in [1.29, 1.82) is 0 Å². The lowest BCUT2D eigenvalue weighted by Crippen LogP contribution is -2.49. The van der Waals surface area contributed by atoms with E-state index in [0.717, 1.165) is 5.46 Å². The lowest BCUT2D eigenvalue weighted by atomic mass is 9.66. The maximum Gasteiger partial charge on any atom is 0.309 e. The minimum Gasteiger partial charge on any atom is -0.427 e. The molecular formula is C25H29BO2. The van der Waals surface area contributed by atoms with Crippen LogP contribution in [0.3, 0.4) is 0 Å². The number of hydrogen-bond donors (Lipinski definition) is 1. The maximum atomic E-state index is 10.3. The highest BCUT2D eigenvalue weighted by Gasteiger charge is 2.36. The summed E-state index contributed by atoms with van der Waals surface area (Å²) in [5.74, 6) is 0.359. The molecule has 2 aromatic carbocycles. The van der Waals surface area contributed by atoms with E-state index in [0.29, 0.717) is 13.4 Å². The topological polar surface area (TPSA) is 29.5 Å². The molecule has 0 radical (unpaired) electrons. The lowest BCUT2D eigenvalue weighted by molar-refractivity contribution is -0.0893. The number of fused-ring (bicyclic) bond motifs is 5. The fraction of sp³-hybridized carbons (Fsp3) is 0.360. The summed E-state index contributed by atoms with van der Waals surface area (Å²) in [6, 6.07) is 11.0. The van der Waals surface area contributed by atoms with Crippen LogP contribution in [0.15, 0.2) is 60.7 Å². The first-order valence-electron chi connectivity index (χ1n) is 10.1. The van der Waals surface area contributed by atoms with Gasteiger partial charge in [-0.2, -0.15) is 0 Å². The summed E-state index contributed by atoms with van der Waals surface area (Å²) in [6.45, 7) is 9.74. The number of hydrogen-bond acceptors (Lipinski definition) is 2. The highest BCUT2D eigenvalue weighted by molar-refractivity contribution is 6.47. The van der Waals surface area contributed by atoms with Crippen LogP contribution in [0.25, 0.3) is 16.8 Å². The zero-order valence-electron chi connectivity index (χ0n) is 17.5. The molecule has 144 valence electrons. The van der Waals surface area contributed by atoms with Crippen LogP contribution in [-0.4, -0.2) is 23.8 Å². The Bertz CT molecular complexity index is 1010. The Morgan fingerprint density at radius 3 is 2.57 bits per heavy atom. The molecule has 2 unspecified atom stereocenters. The average molecular weight is 372 g/mol. The van der Waals surface area contributed by atoms with Crippen molar-refractivity contribution in [3.63, 3.8) is 0 Å². The summed E-state index contributed by atoms with van der Waals surface area (Å²) in [4.78, 5) is 0. The Morgan fingerprint density at radius 2 is 1.82 bits per heavy atom. The van der Waals surface area contributed by atoms with Gasteiger partial charge in [-0.25, -0.2) is 0 Å². The van der Waals surface area contributed by atoms with Crippen LogP contribution in [0.4, 0.5) is 0 Å². The van der Waals surface area contributed by atoms with Crippen LogP contribution in [0.2, 0.25) is 0 Å². The van der Waals surface area contributed by atoms with Crippen LogP contribution in [0, 0.1) is 5.41 Å². The largest absolute Gasteiger partial charge is 0.427 e. The van der Waals surface area contributed by atoms with Gasteiger partial charge in [0.2, 0.25) is 0 Å². The molecule has 0 amide bonds. The van der Waals surface area contributed by atoms with Crippen LogP contribution >= 0.6 is 0 Å². The smallest absolute Gasteiger partial charge is 0.309 e. The van der Waals surface area contributed by atoms with Crippen molar-refractivity contribution >= 4 is 29.8 Å². The van der Waals surface area contributed by atoms with Crippen molar-refractivity contribution in [3.05, 3.63) is 71.8 Å². The monoisotopic (exact) mass is 372 g/mol. The fourth-order valence-corrected chi connectivity index (χ4v) is 4.03. The van der Waals surface area contributed by atoms with E-state index in [-0.39, 0.29) is 5.41 Å². The molecule has 0 aromatic heterocycles. The van der Waals surface area contributed by atoms with E-state index in [2.05, 4.69) is 73.7 Å². The zero-order valence-corrected chi connectivity index (χ0v) is 17.5. The summed E-state index contributed by atoms with van der Waals surface area (Å²) in [7, 11) is 0.480. The number of benzene rings is 2. The van der Waals surface area contributed by atoms with Gasteiger partial charge < -0.3 is 9.76 Å². The predicted octanol–water partition coefficient (Wildman–Crippen LogP) is 4.63. The minimum absolute atomic E-state index is 0.0363. The Kier molecular flexibility index (Phi) is 4.44. The minimum atomic E-state index is -0.902. The molecule has 0 saturated heterocycles. The molecule has 4 rings (SSSR count). The molecule has 1 N–H and O–H groups in total. The molecule has 2 aromatic rings. The number of aliphatic hydroxyl groups is 1. The van der Waals surface area contributed by atoms with Crippen LogP contribution in [0.5, 0.6) is 0 Å². The molecular weight excluding hydrogens is 343 g/mol. The molecule has 0 spiro atoms. The van der Waals surface area contributed by atoms with E-state index in [9.17, 15) is 5.11 Å². The van der Waals surface area contributed by atoms with Crippen LogP contribution in [-0.2, 0) is 4.65 Å². The molecule has 0 heterocycles. The van der Waals surface area contributed by atoms with E-state index >= 15 is 0 Å². The predicted molar refractivity (Wildman–Crippen MR) is 120 cm³/mol. The highest BCUT2D eigenvalue weighted by Crippen LogP contribution is 2.48. The van der Waals surface area contributed by atoms with Gasteiger partial charge in [0.25, 0.3) is 0 Å². The second-order valence-electron chi connectivity index (χ2n) is 9.40. The second kappa shape index (κ2) is 6.47. The maximum absolute atomic E-state index is 10.3. The molecule has 3 heteroatoms. The van der Waals surface area contributed by atoms with E-state index < -0.39 is 11.2 Å². The van der Waals surface area contributed by atoms with Crippen molar-refractivity contribution in [2.24, 2.45) is 5.41 Å². The van der Waals surface area contributed by atoms with Gasteiger partial charge in [0, 0.05) is 11.3 Å². The Hall–Kier alpha value is -2.10. The summed E-state index contributed by atoms with van der Waals surface area (Å²) in [5.41, 5.74) is 2.35. The quantitative estimate of drug-likeness (QED) is 0.794. The summed E-state index contributed by atoms with van der Waals surface area (Å²) < 4.78 is 6.06. The molecule has 0 aliphatic heterocycles.